The highest BCUT2D eigenvalue weighted by atomic mass is 16.3. The van der Waals surface area contributed by atoms with Crippen LogP contribution in [0.5, 0.6) is 0 Å². The van der Waals surface area contributed by atoms with Crippen LogP contribution in [0.25, 0.3) is 110 Å². The number of furan rings is 1. The van der Waals surface area contributed by atoms with Gasteiger partial charge in [0, 0.05) is 49.1 Å². The van der Waals surface area contributed by atoms with Crippen LogP contribution < -0.4 is 0 Å². The van der Waals surface area contributed by atoms with Gasteiger partial charge in [-0.1, -0.05) is 146 Å². The highest BCUT2D eigenvalue weighted by molar-refractivity contribution is 6.14. The molecule has 0 aliphatic carbocycles. The van der Waals surface area contributed by atoms with E-state index in [4.69, 9.17) is 4.42 Å². The molecule has 0 radical (unpaired) electrons. The second kappa shape index (κ2) is 12.5. The highest BCUT2D eigenvalue weighted by Gasteiger charge is 2.20. The van der Waals surface area contributed by atoms with Crippen LogP contribution >= 0.6 is 0 Å². The zero-order valence-corrected chi connectivity index (χ0v) is 30.9. The van der Waals surface area contributed by atoms with Gasteiger partial charge in [-0.2, -0.15) is 0 Å². The molecule has 0 atom stereocenters. The van der Waals surface area contributed by atoms with Crippen molar-refractivity contribution in [2.75, 3.05) is 0 Å². The summed E-state index contributed by atoms with van der Waals surface area (Å²) in [6.45, 7) is 0. The second-order valence-electron chi connectivity index (χ2n) is 14.8. The number of aromatic nitrogens is 2. The highest BCUT2D eigenvalue weighted by Crippen LogP contribution is 2.44. The number of benzene rings is 9. The van der Waals surface area contributed by atoms with E-state index in [0.717, 1.165) is 49.9 Å². The molecule has 3 aromatic heterocycles. The SMILES string of the molecule is c1ccc(-n2c3ccccc3c3cc(-c4ccc5c(c4)c4ccccc4n5-c4ccccc4-c4ccccc4-c4cccc5c4oc4ccccc45)ccc32)cc1. The van der Waals surface area contributed by atoms with E-state index in [1.54, 1.807) is 0 Å². The van der Waals surface area contributed by atoms with Crippen molar-refractivity contribution < 1.29 is 4.42 Å². The van der Waals surface area contributed by atoms with Gasteiger partial charge in [0.15, 0.2) is 0 Å². The number of rotatable bonds is 5. The molecule has 0 aliphatic heterocycles. The Kier molecular flexibility index (Phi) is 6.93. The number of hydrogen-bond donors (Lipinski definition) is 0. The zero-order chi connectivity index (χ0) is 37.5. The predicted molar refractivity (Wildman–Crippen MR) is 239 cm³/mol. The molecule has 3 nitrogen and oxygen atoms in total. The molecule has 0 fully saturated rings. The summed E-state index contributed by atoms with van der Waals surface area (Å²) in [7, 11) is 0. The van der Waals surface area contributed by atoms with Crippen LogP contribution in [0.1, 0.15) is 0 Å². The van der Waals surface area contributed by atoms with Crippen molar-refractivity contribution in [2.45, 2.75) is 0 Å². The summed E-state index contributed by atoms with van der Waals surface area (Å²) < 4.78 is 11.4. The average Bonchev–Trinajstić information content (AvgIpc) is 3.94. The molecular weight excluding hydrogens is 693 g/mol. The van der Waals surface area contributed by atoms with Gasteiger partial charge in [0.25, 0.3) is 0 Å². The Balaban J connectivity index is 1.04. The van der Waals surface area contributed by atoms with Gasteiger partial charge in [-0.05, 0) is 82.9 Å². The van der Waals surface area contributed by atoms with Gasteiger partial charge in [-0.15, -0.1) is 0 Å². The summed E-state index contributed by atoms with van der Waals surface area (Å²) in [5.41, 5.74) is 15.8. The van der Waals surface area contributed by atoms with Gasteiger partial charge < -0.3 is 13.6 Å². The molecule has 12 aromatic rings. The van der Waals surface area contributed by atoms with Crippen molar-refractivity contribution in [3.8, 4) is 44.8 Å². The number of hydrogen-bond acceptors (Lipinski definition) is 1. The summed E-state index contributed by atoms with van der Waals surface area (Å²) >= 11 is 0. The minimum atomic E-state index is 0.904. The summed E-state index contributed by atoms with van der Waals surface area (Å²) in [5.74, 6) is 0. The van der Waals surface area contributed by atoms with E-state index in [9.17, 15) is 0 Å². The van der Waals surface area contributed by atoms with E-state index in [1.807, 2.05) is 6.07 Å². The quantitative estimate of drug-likeness (QED) is 0.173. The molecule has 0 spiro atoms. The first-order valence-corrected chi connectivity index (χ1v) is 19.5. The maximum atomic E-state index is 6.55. The molecular formula is C54H34N2O. The maximum Gasteiger partial charge on any atom is 0.143 e. The van der Waals surface area contributed by atoms with E-state index >= 15 is 0 Å². The normalized spacial score (nSPS) is 11.9. The van der Waals surface area contributed by atoms with Gasteiger partial charge in [-0.3, -0.25) is 0 Å². The summed E-state index contributed by atoms with van der Waals surface area (Å²) in [6.07, 6.45) is 0. The van der Waals surface area contributed by atoms with Crippen LogP contribution in [0, 0.1) is 0 Å². The van der Waals surface area contributed by atoms with E-state index in [2.05, 4.69) is 209 Å². The van der Waals surface area contributed by atoms with Crippen LogP contribution in [-0.2, 0) is 0 Å². The lowest BCUT2D eigenvalue weighted by Crippen LogP contribution is -1.98. The number of para-hydroxylation sites is 6. The molecule has 0 aliphatic rings. The molecule has 0 amide bonds. The Morgan fingerprint density at radius 2 is 0.789 bits per heavy atom. The smallest absolute Gasteiger partial charge is 0.143 e. The molecule has 9 aromatic carbocycles. The molecule has 0 N–H and O–H groups in total. The van der Waals surface area contributed by atoms with Crippen molar-refractivity contribution in [1.82, 2.24) is 9.13 Å². The van der Waals surface area contributed by atoms with Crippen molar-refractivity contribution in [2.24, 2.45) is 0 Å². The third-order valence-corrected chi connectivity index (χ3v) is 11.7. The molecule has 3 heterocycles. The first kappa shape index (κ1) is 31.7. The van der Waals surface area contributed by atoms with Gasteiger partial charge in [0.05, 0.1) is 27.8 Å². The van der Waals surface area contributed by atoms with E-state index in [1.165, 1.54) is 60.4 Å². The standard InChI is InChI=1S/C54H34N2O/c1-2-15-37(16-3-1)55-48-25-10-7-20-41(48)46-33-35(29-31-51(46)55)36-30-32-52-47(34-36)42-21-8-12-27-50(42)56(52)49-26-11-6-19-40(49)38-17-4-5-18-39(38)44-23-14-24-45-43-22-9-13-28-53(43)57-54(44)45/h1-34H. The van der Waals surface area contributed by atoms with Crippen LogP contribution in [-0.4, -0.2) is 9.13 Å². The third-order valence-electron chi connectivity index (χ3n) is 11.7. The van der Waals surface area contributed by atoms with Crippen LogP contribution in [0.4, 0.5) is 0 Å². The third kappa shape index (κ3) is 4.79. The number of nitrogens with zero attached hydrogens (tertiary/aromatic N) is 2. The fourth-order valence-electron chi connectivity index (χ4n) is 9.23. The van der Waals surface area contributed by atoms with Gasteiger partial charge >= 0.3 is 0 Å². The Morgan fingerprint density at radius 1 is 0.298 bits per heavy atom. The predicted octanol–water partition coefficient (Wildman–Crippen LogP) is 14.8. The summed E-state index contributed by atoms with van der Waals surface area (Å²) in [4.78, 5) is 0. The monoisotopic (exact) mass is 726 g/mol. The van der Waals surface area contributed by atoms with Gasteiger partial charge in [0.2, 0.25) is 0 Å². The Labute approximate surface area is 328 Å². The maximum absolute atomic E-state index is 6.55. The minimum Gasteiger partial charge on any atom is -0.455 e. The Hall–Kier alpha value is -7.62. The zero-order valence-electron chi connectivity index (χ0n) is 30.9. The lowest BCUT2D eigenvalue weighted by Gasteiger charge is -2.17. The largest absolute Gasteiger partial charge is 0.455 e. The molecule has 3 heteroatoms. The Bertz CT molecular complexity index is 3530. The fourth-order valence-corrected chi connectivity index (χ4v) is 9.23. The van der Waals surface area contributed by atoms with Crippen LogP contribution in [0.3, 0.4) is 0 Å². The summed E-state index contributed by atoms with van der Waals surface area (Å²) in [6, 6.07) is 74.4. The topological polar surface area (TPSA) is 23.0 Å². The molecule has 266 valence electrons. The van der Waals surface area contributed by atoms with Crippen molar-refractivity contribution in [3.05, 3.63) is 206 Å². The van der Waals surface area contributed by atoms with E-state index < -0.39 is 0 Å². The second-order valence-corrected chi connectivity index (χ2v) is 14.8. The lowest BCUT2D eigenvalue weighted by atomic mass is 9.92. The molecule has 57 heavy (non-hydrogen) atoms. The van der Waals surface area contributed by atoms with Gasteiger partial charge in [0.1, 0.15) is 11.2 Å². The first-order valence-electron chi connectivity index (χ1n) is 19.5. The van der Waals surface area contributed by atoms with Gasteiger partial charge in [-0.25, -0.2) is 0 Å². The molecule has 0 bridgehead atoms. The lowest BCUT2D eigenvalue weighted by molar-refractivity contribution is 0.670. The average molecular weight is 727 g/mol. The number of fused-ring (bicyclic) bond motifs is 9. The van der Waals surface area contributed by atoms with Crippen LogP contribution in [0.2, 0.25) is 0 Å². The fraction of sp³-hybridized carbons (Fsp3) is 0. The molecule has 0 saturated heterocycles. The summed E-state index contributed by atoms with van der Waals surface area (Å²) in [5, 5.41) is 7.22. The molecule has 12 rings (SSSR count). The van der Waals surface area contributed by atoms with Crippen molar-refractivity contribution in [3.63, 3.8) is 0 Å². The molecule has 0 unspecified atom stereocenters. The van der Waals surface area contributed by atoms with Crippen molar-refractivity contribution >= 4 is 65.6 Å². The Morgan fingerprint density at radius 3 is 1.51 bits per heavy atom. The van der Waals surface area contributed by atoms with Crippen molar-refractivity contribution in [1.29, 1.82) is 0 Å². The molecule has 0 saturated carbocycles. The van der Waals surface area contributed by atoms with E-state index in [-0.39, 0.29) is 0 Å². The first-order chi connectivity index (χ1) is 28.3. The van der Waals surface area contributed by atoms with Crippen LogP contribution in [0.15, 0.2) is 211 Å². The minimum absolute atomic E-state index is 0.904. The van der Waals surface area contributed by atoms with E-state index in [0.29, 0.717) is 0 Å².